The van der Waals surface area contributed by atoms with E-state index in [-0.39, 0.29) is 17.7 Å². The van der Waals surface area contributed by atoms with Crippen molar-refractivity contribution in [3.8, 4) is 11.4 Å². The number of phenolic OH excluding ortho intramolecular Hbond substituents is 1. The van der Waals surface area contributed by atoms with Gasteiger partial charge in [0.1, 0.15) is 5.75 Å². The van der Waals surface area contributed by atoms with E-state index in [2.05, 4.69) is 20.8 Å². The molecule has 0 fully saturated rings. The molecule has 0 aliphatic carbocycles. The third-order valence-electron chi connectivity index (χ3n) is 2.55. The van der Waals surface area contributed by atoms with Gasteiger partial charge in [-0.1, -0.05) is 11.8 Å². The molecule has 0 radical (unpaired) electrons. The summed E-state index contributed by atoms with van der Waals surface area (Å²) in [5.74, 6) is 0.796. The topological polar surface area (TPSA) is 92.9 Å². The molecule has 7 nitrogen and oxygen atoms in total. The molecule has 2 N–H and O–H groups in total. The fraction of sp³-hybridized carbons (Fsp3) is 0.385. The molecule has 2 rings (SSSR count). The van der Waals surface area contributed by atoms with Crippen molar-refractivity contribution in [2.24, 2.45) is 0 Å². The number of amides is 1. The summed E-state index contributed by atoms with van der Waals surface area (Å²) in [4.78, 5) is 11.6. The molecule has 1 aromatic carbocycles. The largest absolute Gasteiger partial charge is 0.508 e. The molecule has 0 unspecified atom stereocenters. The van der Waals surface area contributed by atoms with E-state index in [1.165, 1.54) is 11.8 Å². The van der Waals surface area contributed by atoms with Crippen molar-refractivity contribution in [1.29, 1.82) is 0 Å². The van der Waals surface area contributed by atoms with Crippen molar-refractivity contribution in [1.82, 2.24) is 25.5 Å². The number of hydrogen-bond acceptors (Lipinski definition) is 6. The Kier molecular flexibility index (Phi) is 5.15. The Bertz CT molecular complexity index is 597. The summed E-state index contributed by atoms with van der Waals surface area (Å²) in [5.41, 5.74) is 0.756. The number of hydrogen-bond donors (Lipinski definition) is 2. The highest BCUT2D eigenvalue weighted by molar-refractivity contribution is 7.99. The molecular weight excluding hydrogens is 290 g/mol. The van der Waals surface area contributed by atoms with E-state index < -0.39 is 0 Å². The average Bonchev–Trinajstić information content (AvgIpc) is 2.87. The Hall–Kier alpha value is -2.09. The zero-order chi connectivity index (χ0) is 15.2. The third kappa shape index (κ3) is 4.45. The van der Waals surface area contributed by atoms with Gasteiger partial charge in [-0.05, 0) is 48.5 Å². The summed E-state index contributed by atoms with van der Waals surface area (Å²) >= 11 is 1.41. The monoisotopic (exact) mass is 307 g/mol. The lowest BCUT2D eigenvalue weighted by Gasteiger charge is -2.07. The van der Waals surface area contributed by atoms with Crippen LogP contribution in [0.2, 0.25) is 0 Å². The van der Waals surface area contributed by atoms with Crippen molar-refractivity contribution < 1.29 is 9.90 Å². The fourth-order valence-corrected chi connectivity index (χ4v) is 2.48. The highest BCUT2D eigenvalue weighted by atomic mass is 32.2. The minimum Gasteiger partial charge on any atom is -0.508 e. The quantitative estimate of drug-likeness (QED) is 0.783. The zero-order valence-corrected chi connectivity index (χ0v) is 12.7. The number of rotatable bonds is 6. The number of benzene rings is 1. The zero-order valence-electron chi connectivity index (χ0n) is 11.9. The van der Waals surface area contributed by atoms with Gasteiger partial charge >= 0.3 is 0 Å². The van der Waals surface area contributed by atoms with Crippen LogP contribution in [0, 0.1) is 0 Å². The van der Waals surface area contributed by atoms with Crippen molar-refractivity contribution in [3.63, 3.8) is 0 Å². The first kappa shape index (κ1) is 15.3. The molecule has 0 aliphatic rings. The van der Waals surface area contributed by atoms with Crippen LogP contribution in [0.1, 0.15) is 20.3 Å². The molecule has 2 aromatic rings. The molecule has 112 valence electrons. The summed E-state index contributed by atoms with van der Waals surface area (Å²) in [7, 11) is 0. The molecule has 8 heteroatoms. The van der Waals surface area contributed by atoms with Gasteiger partial charge in [-0.15, -0.1) is 5.10 Å². The van der Waals surface area contributed by atoms with Gasteiger partial charge in [0.2, 0.25) is 11.1 Å². The van der Waals surface area contributed by atoms with E-state index in [0.717, 1.165) is 5.69 Å². The van der Waals surface area contributed by atoms with Crippen molar-refractivity contribution in [2.75, 3.05) is 5.75 Å². The average molecular weight is 307 g/mol. The Balaban J connectivity index is 1.95. The molecule has 21 heavy (non-hydrogen) atoms. The van der Waals surface area contributed by atoms with Gasteiger partial charge in [0.05, 0.1) is 5.69 Å². The highest BCUT2D eigenvalue weighted by Gasteiger charge is 2.10. The normalized spacial score (nSPS) is 10.8. The van der Waals surface area contributed by atoms with Gasteiger partial charge in [-0.25, -0.2) is 0 Å². The Morgan fingerprint density at radius 1 is 1.38 bits per heavy atom. The number of thioether (sulfide) groups is 1. The van der Waals surface area contributed by atoms with E-state index in [4.69, 9.17) is 0 Å². The summed E-state index contributed by atoms with van der Waals surface area (Å²) < 4.78 is 1.57. The van der Waals surface area contributed by atoms with Crippen LogP contribution in [0.15, 0.2) is 29.4 Å². The second-order valence-electron chi connectivity index (χ2n) is 4.71. The highest BCUT2D eigenvalue weighted by Crippen LogP contribution is 2.20. The second kappa shape index (κ2) is 7.07. The van der Waals surface area contributed by atoms with Crippen LogP contribution < -0.4 is 5.32 Å². The number of nitrogens with one attached hydrogen (secondary N) is 1. The van der Waals surface area contributed by atoms with Gasteiger partial charge in [0, 0.05) is 18.2 Å². The van der Waals surface area contributed by atoms with Crippen molar-refractivity contribution in [2.45, 2.75) is 31.5 Å². The van der Waals surface area contributed by atoms with E-state index in [1.54, 1.807) is 28.9 Å². The third-order valence-corrected chi connectivity index (χ3v) is 3.47. The van der Waals surface area contributed by atoms with E-state index in [0.29, 0.717) is 17.3 Å². The maximum Gasteiger partial charge on any atom is 0.221 e. The Morgan fingerprint density at radius 2 is 2.10 bits per heavy atom. The first-order chi connectivity index (χ1) is 10.1. The molecule has 0 spiro atoms. The molecule has 1 aromatic heterocycles. The van der Waals surface area contributed by atoms with E-state index >= 15 is 0 Å². The number of aromatic nitrogens is 4. The summed E-state index contributed by atoms with van der Waals surface area (Å²) in [6.45, 7) is 3.85. The lowest BCUT2D eigenvalue weighted by molar-refractivity contribution is -0.121. The van der Waals surface area contributed by atoms with Crippen LogP contribution in [0.3, 0.4) is 0 Å². The lowest BCUT2D eigenvalue weighted by Crippen LogP contribution is -2.30. The van der Waals surface area contributed by atoms with Gasteiger partial charge in [-0.2, -0.15) is 4.68 Å². The van der Waals surface area contributed by atoms with Crippen molar-refractivity contribution in [3.05, 3.63) is 24.3 Å². The minimum atomic E-state index is 0.0150. The first-order valence-electron chi connectivity index (χ1n) is 6.56. The molecule has 1 amide bonds. The number of phenols is 1. The smallest absolute Gasteiger partial charge is 0.221 e. The minimum absolute atomic E-state index is 0.0150. The number of carbonyl (C=O) groups excluding carboxylic acids is 1. The molecule has 1 heterocycles. The van der Waals surface area contributed by atoms with Crippen LogP contribution in [-0.4, -0.2) is 43.0 Å². The van der Waals surface area contributed by atoms with Crippen LogP contribution in [0.5, 0.6) is 5.75 Å². The van der Waals surface area contributed by atoms with E-state index in [9.17, 15) is 9.90 Å². The van der Waals surface area contributed by atoms with Gasteiger partial charge < -0.3 is 10.4 Å². The van der Waals surface area contributed by atoms with Crippen molar-refractivity contribution >= 4 is 17.7 Å². The first-order valence-corrected chi connectivity index (χ1v) is 7.55. The van der Waals surface area contributed by atoms with Gasteiger partial charge in [0.25, 0.3) is 0 Å². The van der Waals surface area contributed by atoms with E-state index in [1.807, 2.05) is 13.8 Å². The molecule has 0 atom stereocenters. The maximum atomic E-state index is 11.6. The molecular formula is C13H17N5O2S. The molecule has 0 bridgehead atoms. The standard InChI is InChI=1S/C13H17N5O2S/c1-9(2)14-12(20)7-8-21-13-15-16-17-18(13)10-3-5-11(19)6-4-10/h3-6,9,19H,7-8H2,1-2H3,(H,14,20). The summed E-state index contributed by atoms with van der Waals surface area (Å²) in [6.07, 6.45) is 0.408. The van der Waals surface area contributed by atoms with Crippen LogP contribution in [-0.2, 0) is 4.79 Å². The van der Waals surface area contributed by atoms with Crippen LogP contribution >= 0.6 is 11.8 Å². The second-order valence-corrected chi connectivity index (χ2v) is 5.77. The summed E-state index contributed by atoms with van der Waals surface area (Å²) in [6, 6.07) is 6.73. The number of nitrogens with zero attached hydrogens (tertiary/aromatic N) is 4. The lowest BCUT2D eigenvalue weighted by atomic mass is 10.3. The molecule has 0 saturated heterocycles. The Labute approximate surface area is 126 Å². The van der Waals surface area contributed by atoms with Crippen LogP contribution in [0.25, 0.3) is 5.69 Å². The SMILES string of the molecule is CC(C)NC(=O)CCSc1nnnn1-c1ccc(O)cc1. The van der Waals surface area contributed by atoms with Crippen LogP contribution in [0.4, 0.5) is 0 Å². The Morgan fingerprint density at radius 3 is 2.76 bits per heavy atom. The molecule has 0 aliphatic heterocycles. The predicted molar refractivity (Wildman–Crippen MR) is 79.4 cm³/mol. The predicted octanol–water partition coefficient (Wildman–Crippen LogP) is 1.37. The maximum absolute atomic E-state index is 11.6. The van der Waals surface area contributed by atoms with Gasteiger partial charge in [-0.3, -0.25) is 4.79 Å². The molecule has 0 saturated carbocycles. The van der Waals surface area contributed by atoms with Gasteiger partial charge in [0.15, 0.2) is 0 Å². The number of tetrazole rings is 1. The number of carbonyl (C=O) groups is 1. The summed E-state index contributed by atoms with van der Waals surface area (Å²) in [5, 5.41) is 24.2. The number of aromatic hydroxyl groups is 1. The fourth-order valence-electron chi connectivity index (χ4n) is 1.65.